The highest BCUT2D eigenvalue weighted by molar-refractivity contribution is 7.17. The first kappa shape index (κ1) is 17.2. The van der Waals surface area contributed by atoms with Gasteiger partial charge in [0.05, 0.1) is 12.0 Å². The highest BCUT2D eigenvalue weighted by Crippen LogP contribution is 2.28. The number of benzene rings is 2. The molecule has 1 aromatic heterocycles. The summed E-state index contributed by atoms with van der Waals surface area (Å²) in [6.07, 6.45) is 0.756. The molecule has 0 saturated heterocycles. The Balaban J connectivity index is 1.55. The fraction of sp³-hybridized carbons (Fsp3) is 0.150. The first-order valence-corrected chi connectivity index (χ1v) is 8.74. The van der Waals surface area contributed by atoms with E-state index in [1.807, 2.05) is 30.3 Å². The van der Waals surface area contributed by atoms with Crippen molar-refractivity contribution in [2.45, 2.75) is 6.42 Å². The monoisotopic (exact) mass is 355 g/mol. The van der Waals surface area contributed by atoms with Crippen molar-refractivity contribution in [3.63, 3.8) is 0 Å². The van der Waals surface area contributed by atoms with Crippen molar-refractivity contribution in [2.24, 2.45) is 0 Å². The average molecular weight is 355 g/mol. The average Bonchev–Trinajstić information content (AvgIpc) is 3.13. The van der Waals surface area contributed by atoms with Crippen LogP contribution in [0.3, 0.4) is 0 Å². The molecule has 3 nitrogen and oxygen atoms in total. The fourth-order valence-electron chi connectivity index (χ4n) is 2.43. The lowest BCUT2D eigenvalue weighted by molar-refractivity contribution is 0.0958. The largest absolute Gasteiger partial charge is 0.497 e. The minimum Gasteiger partial charge on any atom is -0.497 e. The van der Waals surface area contributed by atoms with E-state index < -0.39 is 0 Å². The third-order valence-electron chi connectivity index (χ3n) is 3.82. The van der Waals surface area contributed by atoms with Crippen molar-refractivity contribution in [2.75, 3.05) is 13.7 Å². The van der Waals surface area contributed by atoms with E-state index in [0.717, 1.165) is 28.2 Å². The summed E-state index contributed by atoms with van der Waals surface area (Å²) in [5, 5.41) is 2.93. The minimum absolute atomic E-state index is 0.0909. The first-order chi connectivity index (χ1) is 12.2. The molecule has 0 aliphatic carbocycles. The summed E-state index contributed by atoms with van der Waals surface area (Å²) in [5.41, 5.74) is 2.04. The van der Waals surface area contributed by atoms with Crippen molar-refractivity contribution in [1.29, 1.82) is 0 Å². The number of ether oxygens (including phenoxy) is 1. The SMILES string of the molecule is COc1ccc(CCNC(=O)c2ccc(-c3ccc(F)cc3)s2)cc1. The second kappa shape index (κ2) is 7.94. The van der Waals surface area contributed by atoms with Gasteiger partial charge in [-0.2, -0.15) is 0 Å². The van der Waals surface area contributed by atoms with E-state index >= 15 is 0 Å². The maximum atomic E-state index is 13.0. The standard InChI is InChI=1S/C20H18FNO2S/c1-24-17-8-2-14(3-9-17)12-13-22-20(23)19-11-10-18(25-19)15-4-6-16(21)7-5-15/h2-11H,12-13H2,1H3,(H,22,23). The molecule has 0 radical (unpaired) electrons. The Morgan fingerprint density at radius 2 is 1.76 bits per heavy atom. The van der Waals surface area contributed by atoms with Crippen LogP contribution in [0.5, 0.6) is 5.75 Å². The van der Waals surface area contributed by atoms with Gasteiger partial charge in [0, 0.05) is 11.4 Å². The van der Waals surface area contributed by atoms with Gasteiger partial charge >= 0.3 is 0 Å². The van der Waals surface area contributed by atoms with Crippen LogP contribution in [0.2, 0.25) is 0 Å². The summed E-state index contributed by atoms with van der Waals surface area (Å²) < 4.78 is 18.1. The summed E-state index contributed by atoms with van der Waals surface area (Å²) in [5.74, 6) is 0.461. The third-order valence-corrected chi connectivity index (χ3v) is 4.95. The Morgan fingerprint density at radius 1 is 1.04 bits per heavy atom. The van der Waals surface area contributed by atoms with Gasteiger partial charge in [-0.25, -0.2) is 4.39 Å². The molecular weight excluding hydrogens is 337 g/mol. The number of rotatable bonds is 6. The van der Waals surface area contributed by atoms with Gasteiger partial charge < -0.3 is 10.1 Å². The lowest BCUT2D eigenvalue weighted by atomic mass is 10.1. The maximum absolute atomic E-state index is 13.0. The van der Waals surface area contributed by atoms with Crippen LogP contribution in [0.15, 0.2) is 60.7 Å². The molecule has 0 aliphatic heterocycles. The van der Waals surface area contributed by atoms with E-state index in [2.05, 4.69) is 5.32 Å². The summed E-state index contributed by atoms with van der Waals surface area (Å²) in [6.45, 7) is 0.564. The summed E-state index contributed by atoms with van der Waals surface area (Å²) in [4.78, 5) is 13.8. The number of carbonyl (C=O) groups excluding carboxylic acids is 1. The summed E-state index contributed by atoms with van der Waals surface area (Å²) >= 11 is 1.40. The molecule has 0 atom stereocenters. The molecule has 0 fully saturated rings. The van der Waals surface area contributed by atoms with Gasteiger partial charge in [-0.1, -0.05) is 24.3 Å². The molecule has 2 aromatic carbocycles. The fourth-order valence-corrected chi connectivity index (χ4v) is 3.36. The van der Waals surface area contributed by atoms with E-state index in [4.69, 9.17) is 4.74 Å². The topological polar surface area (TPSA) is 38.3 Å². The van der Waals surface area contributed by atoms with Crippen LogP contribution in [0.1, 0.15) is 15.2 Å². The normalized spacial score (nSPS) is 10.5. The van der Waals surface area contributed by atoms with Crippen molar-refractivity contribution in [3.8, 4) is 16.2 Å². The Morgan fingerprint density at radius 3 is 2.44 bits per heavy atom. The van der Waals surface area contributed by atoms with E-state index in [1.165, 1.54) is 23.5 Å². The van der Waals surface area contributed by atoms with Gasteiger partial charge in [-0.05, 0) is 53.9 Å². The number of nitrogens with one attached hydrogen (secondary N) is 1. The predicted octanol–water partition coefficient (Wildman–Crippen LogP) is 4.54. The second-order valence-electron chi connectivity index (χ2n) is 5.52. The van der Waals surface area contributed by atoms with Gasteiger partial charge in [-0.3, -0.25) is 4.79 Å². The molecule has 0 saturated carbocycles. The predicted molar refractivity (Wildman–Crippen MR) is 98.7 cm³/mol. The second-order valence-corrected chi connectivity index (χ2v) is 6.61. The number of hydrogen-bond acceptors (Lipinski definition) is 3. The summed E-state index contributed by atoms with van der Waals surface area (Å²) in [7, 11) is 1.64. The first-order valence-electron chi connectivity index (χ1n) is 7.92. The summed E-state index contributed by atoms with van der Waals surface area (Å²) in [6, 6.07) is 17.7. The molecule has 5 heteroatoms. The van der Waals surface area contributed by atoms with Crippen LogP contribution in [0.4, 0.5) is 4.39 Å². The van der Waals surface area contributed by atoms with Crippen LogP contribution >= 0.6 is 11.3 Å². The molecule has 1 heterocycles. The quantitative estimate of drug-likeness (QED) is 0.705. The Hall–Kier alpha value is -2.66. The van der Waals surface area contributed by atoms with Crippen molar-refractivity contribution in [1.82, 2.24) is 5.32 Å². The van der Waals surface area contributed by atoms with Crippen molar-refractivity contribution < 1.29 is 13.9 Å². The molecule has 1 amide bonds. The van der Waals surface area contributed by atoms with Gasteiger partial charge in [0.25, 0.3) is 5.91 Å². The zero-order valence-electron chi connectivity index (χ0n) is 13.8. The van der Waals surface area contributed by atoms with E-state index in [9.17, 15) is 9.18 Å². The van der Waals surface area contributed by atoms with Crippen LogP contribution in [-0.4, -0.2) is 19.6 Å². The third kappa shape index (κ3) is 4.45. The van der Waals surface area contributed by atoms with Gasteiger partial charge in [-0.15, -0.1) is 11.3 Å². The maximum Gasteiger partial charge on any atom is 0.261 e. The number of amides is 1. The van der Waals surface area contributed by atoms with Crippen molar-refractivity contribution >= 4 is 17.2 Å². The molecular formula is C20H18FNO2S. The molecule has 1 N–H and O–H groups in total. The number of carbonyl (C=O) groups is 1. The van der Waals surface area contributed by atoms with E-state index in [0.29, 0.717) is 11.4 Å². The van der Waals surface area contributed by atoms with Crippen LogP contribution in [0, 0.1) is 5.82 Å². The zero-order chi connectivity index (χ0) is 17.6. The number of hydrogen-bond donors (Lipinski definition) is 1. The van der Waals surface area contributed by atoms with E-state index in [-0.39, 0.29) is 11.7 Å². The molecule has 0 spiro atoms. The van der Waals surface area contributed by atoms with E-state index in [1.54, 1.807) is 25.3 Å². The van der Waals surface area contributed by atoms with Crippen LogP contribution in [0.25, 0.3) is 10.4 Å². The molecule has 0 aliphatic rings. The number of methoxy groups -OCH3 is 1. The lowest BCUT2D eigenvalue weighted by Crippen LogP contribution is -2.24. The molecule has 25 heavy (non-hydrogen) atoms. The Kier molecular flexibility index (Phi) is 5.46. The van der Waals surface area contributed by atoms with Gasteiger partial charge in [0.2, 0.25) is 0 Å². The van der Waals surface area contributed by atoms with Crippen molar-refractivity contribution in [3.05, 3.63) is 76.9 Å². The molecule has 3 aromatic rings. The Labute approximate surface area is 150 Å². The molecule has 3 rings (SSSR count). The lowest BCUT2D eigenvalue weighted by Gasteiger charge is -2.05. The highest BCUT2D eigenvalue weighted by atomic mass is 32.1. The molecule has 128 valence electrons. The van der Waals surface area contributed by atoms with Crippen LogP contribution in [-0.2, 0) is 6.42 Å². The Bertz CT molecular complexity index is 841. The molecule has 0 bridgehead atoms. The smallest absolute Gasteiger partial charge is 0.261 e. The minimum atomic E-state index is -0.267. The van der Waals surface area contributed by atoms with Gasteiger partial charge in [0.1, 0.15) is 11.6 Å². The van der Waals surface area contributed by atoms with Gasteiger partial charge in [0.15, 0.2) is 0 Å². The molecule has 0 unspecified atom stereocenters. The van der Waals surface area contributed by atoms with Crippen LogP contribution < -0.4 is 10.1 Å². The number of halogens is 1. The highest BCUT2D eigenvalue weighted by Gasteiger charge is 2.10. The zero-order valence-corrected chi connectivity index (χ0v) is 14.6. The number of thiophene rings is 1.